The number of carbonyl (C=O) groups excluding carboxylic acids is 1. The summed E-state index contributed by atoms with van der Waals surface area (Å²) in [6.45, 7) is 5.91. The Hall–Kier alpha value is -1.35. The minimum absolute atomic E-state index is 0.201. The van der Waals surface area contributed by atoms with Crippen molar-refractivity contribution in [2.24, 2.45) is 0 Å². The summed E-state index contributed by atoms with van der Waals surface area (Å²) in [5.74, 6) is 0.732. The summed E-state index contributed by atoms with van der Waals surface area (Å²) in [5, 5.41) is 6.17. The van der Waals surface area contributed by atoms with Crippen molar-refractivity contribution in [3.8, 4) is 0 Å². The lowest BCUT2D eigenvalue weighted by Crippen LogP contribution is -2.44. The molecule has 0 bridgehead atoms. The lowest BCUT2D eigenvalue weighted by molar-refractivity contribution is -0.126. The summed E-state index contributed by atoms with van der Waals surface area (Å²) < 4.78 is 0. The molecule has 0 aromatic heterocycles. The Kier molecular flexibility index (Phi) is 5.40. The fraction of sp³-hybridized carbons (Fsp3) is 0.611. The highest BCUT2D eigenvalue weighted by molar-refractivity contribution is 5.88. The second kappa shape index (κ2) is 7.08. The van der Waals surface area contributed by atoms with Gasteiger partial charge in [0.25, 0.3) is 0 Å². The van der Waals surface area contributed by atoms with E-state index in [1.807, 2.05) is 7.05 Å². The fourth-order valence-electron chi connectivity index (χ4n) is 3.28. The highest BCUT2D eigenvalue weighted by Crippen LogP contribution is 2.41. The van der Waals surface area contributed by atoms with E-state index >= 15 is 0 Å². The van der Waals surface area contributed by atoms with Crippen molar-refractivity contribution in [2.45, 2.75) is 50.9 Å². The van der Waals surface area contributed by atoms with Crippen molar-refractivity contribution in [1.82, 2.24) is 10.6 Å². The molecule has 2 rings (SSSR count). The molecule has 0 heterocycles. The van der Waals surface area contributed by atoms with E-state index in [9.17, 15) is 4.79 Å². The van der Waals surface area contributed by atoms with Gasteiger partial charge < -0.3 is 10.6 Å². The highest BCUT2D eigenvalue weighted by atomic mass is 16.2. The van der Waals surface area contributed by atoms with Crippen LogP contribution in [0.25, 0.3) is 0 Å². The maximum absolute atomic E-state index is 12.7. The van der Waals surface area contributed by atoms with Crippen LogP contribution in [-0.2, 0) is 10.2 Å². The van der Waals surface area contributed by atoms with Gasteiger partial charge in [0.05, 0.1) is 5.41 Å². The first-order valence-corrected chi connectivity index (χ1v) is 8.13. The average molecular weight is 288 g/mol. The third kappa shape index (κ3) is 3.46. The molecule has 1 aliphatic rings. The summed E-state index contributed by atoms with van der Waals surface area (Å²) in [7, 11) is 1.90. The molecule has 21 heavy (non-hydrogen) atoms. The number of likely N-dealkylation sites (N-methyl/N-ethyl adjacent to an activating group) is 1. The molecule has 0 unspecified atom stereocenters. The van der Waals surface area contributed by atoms with Gasteiger partial charge in [-0.1, -0.05) is 51.0 Å². The largest absolute Gasteiger partial charge is 0.354 e. The maximum Gasteiger partial charge on any atom is 0.230 e. The molecule has 3 nitrogen and oxygen atoms in total. The number of benzene rings is 1. The van der Waals surface area contributed by atoms with E-state index < -0.39 is 0 Å². The number of nitrogens with one attached hydrogen (secondary N) is 2. The van der Waals surface area contributed by atoms with E-state index in [2.05, 4.69) is 48.7 Å². The molecule has 116 valence electrons. The Balaban J connectivity index is 2.19. The molecule has 0 aliphatic heterocycles. The molecule has 0 atom stereocenters. The van der Waals surface area contributed by atoms with Crippen LogP contribution in [0.2, 0.25) is 0 Å². The Morgan fingerprint density at radius 1 is 1.14 bits per heavy atom. The molecule has 1 aromatic carbocycles. The molecule has 0 spiro atoms. The highest BCUT2D eigenvalue weighted by Gasteiger charge is 2.42. The molecule has 1 aliphatic carbocycles. The first-order chi connectivity index (χ1) is 10.1. The first-order valence-electron chi connectivity index (χ1n) is 8.13. The van der Waals surface area contributed by atoms with Gasteiger partial charge in [0.15, 0.2) is 0 Å². The summed E-state index contributed by atoms with van der Waals surface area (Å²) in [4.78, 5) is 12.7. The number of carbonyl (C=O) groups is 1. The smallest absolute Gasteiger partial charge is 0.230 e. The predicted molar refractivity (Wildman–Crippen MR) is 87.6 cm³/mol. The van der Waals surface area contributed by atoms with Crippen LogP contribution < -0.4 is 10.6 Å². The van der Waals surface area contributed by atoms with Crippen molar-refractivity contribution in [3.05, 3.63) is 35.4 Å². The summed E-state index contributed by atoms with van der Waals surface area (Å²) in [6.07, 6.45) is 4.23. The van der Waals surface area contributed by atoms with Crippen LogP contribution >= 0.6 is 0 Å². The molecule has 1 aromatic rings. The first kappa shape index (κ1) is 16.0. The van der Waals surface area contributed by atoms with Crippen LogP contribution in [0, 0.1) is 0 Å². The monoisotopic (exact) mass is 288 g/mol. The summed E-state index contributed by atoms with van der Waals surface area (Å²) >= 11 is 0. The van der Waals surface area contributed by atoms with Crippen LogP contribution in [0.5, 0.6) is 0 Å². The van der Waals surface area contributed by atoms with Crippen LogP contribution in [-0.4, -0.2) is 26.0 Å². The molecular weight excluding hydrogens is 260 g/mol. The second-order valence-electron chi connectivity index (χ2n) is 6.43. The zero-order chi connectivity index (χ0) is 15.3. The van der Waals surface area contributed by atoms with Gasteiger partial charge in [-0.2, -0.15) is 0 Å². The summed E-state index contributed by atoms with van der Waals surface area (Å²) in [5.41, 5.74) is 2.22. The minimum atomic E-state index is -0.302. The van der Waals surface area contributed by atoms with Crippen molar-refractivity contribution < 1.29 is 4.79 Å². The van der Waals surface area contributed by atoms with E-state index in [1.165, 1.54) is 11.1 Å². The van der Waals surface area contributed by atoms with Crippen LogP contribution in [0.15, 0.2) is 24.3 Å². The second-order valence-corrected chi connectivity index (χ2v) is 6.43. The van der Waals surface area contributed by atoms with Gasteiger partial charge in [-0.25, -0.2) is 0 Å². The average Bonchev–Trinajstić information content (AvgIpc) is 2.98. The van der Waals surface area contributed by atoms with E-state index in [0.29, 0.717) is 12.5 Å². The van der Waals surface area contributed by atoms with Crippen molar-refractivity contribution in [2.75, 3.05) is 20.1 Å². The number of hydrogen-bond acceptors (Lipinski definition) is 2. The van der Waals surface area contributed by atoms with Crippen LogP contribution in [0.1, 0.15) is 56.6 Å². The zero-order valence-corrected chi connectivity index (χ0v) is 13.5. The molecule has 1 fully saturated rings. The van der Waals surface area contributed by atoms with Gasteiger partial charge >= 0.3 is 0 Å². The Morgan fingerprint density at radius 2 is 1.76 bits per heavy atom. The van der Waals surface area contributed by atoms with E-state index in [1.54, 1.807) is 0 Å². The predicted octanol–water partition coefficient (Wildman–Crippen LogP) is 2.96. The molecule has 0 saturated heterocycles. The molecular formula is C18H28N2O. The molecule has 0 radical (unpaired) electrons. The van der Waals surface area contributed by atoms with Crippen LogP contribution in [0.4, 0.5) is 0 Å². The van der Waals surface area contributed by atoms with Gasteiger partial charge in [-0.15, -0.1) is 0 Å². The van der Waals surface area contributed by atoms with Crippen molar-refractivity contribution in [3.63, 3.8) is 0 Å². The third-order valence-electron chi connectivity index (χ3n) is 4.68. The lowest BCUT2D eigenvalue weighted by atomic mass is 9.77. The normalized spacial score (nSPS) is 17.1. The van der Waals surface area contributed by atoms with E-state index in [4.69, 9.17) is 0 Å². The minimum Gasteiger partial charge on any atom is -0.354 e. The van der Waals surface area contributed by atoms with Gasteiger partial charge in [-0.05, 0) is 36.9 Å². The van der Waals surface area contributed by atoms with E-state index in [0.717, 1.165) is 32.2 Å². The molecule has 1 amide bonds. The number of amides is 1. The van der Waals surface area contributed by atoms with Gasteiger partial charge in [0.2, 0.25) is 5.91 Å². The van der Waals surface area contributed by atoms with Crippen LogP contribution in [0.3, 0.4) is 0 Å². The van der Waals surface area contributed by atoms with Gasteiger partial charge in [0, 0.05) is 13.1 Å². The van der Waals surface area contributed by atoms with E-state index in [-0.39, 0.29) is 11.3 Å². The molecule has 3 heteroatoms. The van der Waals surface area contributed by atoms with Gasteiger partial charge in [-0.3, -0.25) is 4.79 Å². The SMILES string of the molecule is CNCCNC(=O)C1(c2ccc(C(C)C)cc2)CCCC1. The third-order valence-corrected chi connectivity index (χ3v) is 4.68. The Bertz CT molecular complexity index is 459. The topological polar surface area (TPSA) is 41.1 Å². The van der Waals surface area contributed by atoms with Crippen molar-refractivity contribution in [1.29, 1.82) is 0 Å². The summed E-state index contributed by atoms with van der Waals surface area (Å²) in [6, 6.07) is 8.69. The quantitative estimate of drug-likeness (QED) is 0.790. The zero-order valence-electron chi connectivity index (χ0n) is 13.5. The van der Waals surface area contributed by atoms with Gasteiger partial charge in [0.1, 0.15) is 0 Å². The van der Waals surface area contributed by atoms with Crippen molar-refractivity contribution >= 4 is 5.91 Å². The number of rotatable bonds is 6. The molecule has 2 N–H and O–H groups in total. The number of hydrogen-bond donors (Lipinski definition) is 2. The maximum atomic E-state index is 12.7. The molecule has 1 saturated carbocycles. The Labute approximate surface area is 128 Å². The standard InChI is InChI=1S/C18H28N2O/c1-14(2)15-6-8-16(9-7-15)18(10-4-5-11-18)17(21)20-13-12-19-3/h6-9,14,19H,4-5,10-13H2,1-3H3,(H,20,21). The lowest BCUT2D eigenvalue weighted by Gasteiger charge is -2.28. The Morgan fingerprint density at radius 3 is 2.29 bits per heavy atom. The fourth-order valence-corrected chi connectivity index (χ4v) is 3.28.